The third-order valence-corrected chi connectivity index (χ3v) is 2.40. The topological polar surface area (TPSA) is 63.5 Å². The van der Waals surface area contributed by atoms with Crippen molar-refractivity contribution in [2.75, 3.05) is 17.7 Å². The third kappa shape index (κ3) is 2.95. The summed E-state index contributed by atoms with van der Waals surface area (Å²) in [7, 11) is 1.51. The molecule has 1 aromatic heterocycles. The molecule has 0 fully saturated rings. The number of rotatable bonds is 3. The molecule has 5 nitrogen and oxygen atoms in total. The molecule has 2 amide bonds. The van der Waals surface area contributed by atoms with Gasteiger partial charge in [0.15, 0.2) is 0 Å². The molecule has 0 radical (unpaired) electrons. The zero-order valence-corrected chi connectivity index (χ0v) is 10.3. The van der Waals surface area contributed by atoms with E-state index in [4.69, 9.17) is 20.8 Å². The fourth-order valence-corrected chi connectivity index (χ4v) is 1.57. The molecule has 0 saturated heterocycles. The minimum atomic E-state index is -0.439. The molecule has 6 heteroatoms. The molecule has 0 aliphatic heterocycles. The number of benzene rings is 1. The van der Waals surface area contributed by atoms with E-state index in [-0.39, 0.29) is 0 Å². The van der Waals surface area contributed by atoms with Crippen molar-refractivity contribution in [3.05, 3.63) is 41.6 Å². The van der Waals surface area contributed by atoms with Crippen molar-refractivity contribution < 1.29 is 13.9 Å². The van der Waals surface area contributed by atoms with Crippen LogP contribution in [0.1, 0.15) is 0 Å². The summed E-state index contributed by atoms with van der Waals surface area (Å²) in [5.74, 6) is 0.877. The monoisotopic (exact) mass is 266 g/mol. The summed E-state index contributed by atoms with van der Waals surface area (Å²) in [6.07, 6.45) is 1.47. The van der Waals surface area contributed by atoms with E-state index in [1.165, 1.54) is 13.4 Å². The first-order valence-corrected chi connectivity index (χ1v) is 5.52. The Kier molecular flexibility index (Phi) is 3.74. The van der Waals surface area contributed by atoms with E-state index in [1.807, 2.05) is 0 Å². The molecule has 0 saturated carbocycles. The Morgan fingerprint density at radius 2 is 2.17 bits per heavy atom. The first-order chi connectivity index (χ1) is 8.69. The van der Waals surface area contributed by atoms with Crippen molar-refractivity contribution in [3.8, 4) is 5.75 Å². The van der Waals surface area contributed by atoms with Crippen molar-refractivity contribution in [2.24, 2.45) is 0 Å². The van der Waals surface area contributed by atoms with Crippen molar-refractivity contribution in [2.45, 2.75) is 0 Å². The first-order valence-electron chi connectivity index (χ1n) is 5.14. The Morgan fingerprint density at radius 1 is 1.33 bits per heavy atom. The maximum Gasteiger partial charge on any atom is 0.326 e. The van der Waals surface area contributed by atoms with Gasteiger partial charge in [0.05, 0.1) is 19.1 Å². The van der Waals surface area contributed by atoms with Gasteiger partial charge in [0.25, 0.3) is 0 Å². The van der Waals surface area contributed by atoms with Crippen molar-refractivity contribution >= 4 is 29.2 Å². The molecule has 2 N–H and O–H groups in total. The summed E-state index contributed by atoms with van der Waals surface area (Å²) < 4.78 is 10.1. The van der Waals surface area contributed by atoms with Gasteiger partial charge in [-0.1, -0.05) is 11.6 Å². The zero-order chi connectivity index (χ0) is 13.0. The lowest BCUT2D eigenvalue weighted by molar-refractivity contribution is 0.261. The van der Waals surface area contributed by atoms with Crippen LogP contribution in [-0.4, -0.2) is 13.1 Å². The molecule has 0 aliphatic carbocycles. The number of anilines is 2. The number of hydrogen-bond donors (Lipinski definition) is 2. The van der Waals surface area contributed by atoms with Gasteiger partial charge < -0.3 is 14.5 Å². The molecule has 0 bridgehead atoms. The van der Waals surface area contributed by atoms with Crippen LogP contribution in [0.25, 0.3) is 0 Å². The lowest BCUT2D eigenvalue weighted by Gasteiger charge is -2.10. The molecule has 2 aromatic rings. The predicted octanol–water partition coefficient (Wildman–Crippen LogP) is 3.59. The molecule has 1 aromatic carbocycles. The number of hydrogen-bond acceptors (Lipinski definition) is 3. The van der Waals surface area contributed by atoms with E-state index in [0.717, 1.165) is 0 Å². The number of methoxy groups -OCH3 is 1. The summed E-state index contributed by atoms with van der Waals surface area (Å²) in [5, 5.41) is 5.65. The van der Waals surface area contributed by atoms with Gasteiger partial charge in [-0.3, -0.25) is 5.32 Å². The van der Waals surface area contributed by atoms with Crippen LogP contribution in [-0.2, 0) is 0 Å². The lowest BCUT2D eigenvalue weighted by atomic mass is 10.3. The lowest BCUT2D eigenvalue weighted by Crippen LogP contribution is -2.19. The molecule has 1 heterocycles. The van der Waals surface area contributed by atoms with Gasteiger partial charge in [-0.2, -0.15) is 0 Å². The number of nitrogens with one attached hydrogen (secondary N) is 2. The van der Waals surface area contributed by atoms with Crippen LogP contribution < -0.4 is 15.4 Å². The zero-order valence-electron chi connectivity index (χ0n) is 9.57. The van der Waals surface area contributed by atoms with Crippen LogP contribution in [0.4, 0.5) is 16.4 Å². The Bertz CT molecular complexity index is 540. The Hall–Kier alpha value is -2.14. The largest absolute Gasteiger partial charge is 0.495 e. The number of furan rings is 1. The van der Waals surface area contributed by atoms with Gasteiger partial charge in [0, 0.05) is 11.1 Å². The highest BCUT2D eigenvalue weighted by atomic mass is 35.5. The van der Waals surface area contributed by atoms with Crippen LogP contribution in [0.3, 0.4) is 0 Å². The van der Waals surface area contributed by atoms with Crippen LogP contribution in [0, 0.1) is 0 Å². The summed E-state index contributed by atoms with van der Waals surface area (Å²) in [6.45, 7) is 0. The number of carbonyl (C=O) groups excluding carboxylic acids is 1. The summed E-state index contributed by atoms with van der Waals surface area (Å²) in [5.41, 5.74) is 0.481. The highest BCUT2D eigenvalue weighted by molar-refractivity contribution is 6.31. The van der Waals surface area contributed by atoms with E-state index < -0.39 is 6.03 Å². The molecule has 94 valence electrons. The van der Waals surface area contributed by atoms with E-state index in [2.05, 4.69) is 10.6 Å². The normalized spacial score (nSPS) is 9.89. The molecule has 0 aliphatic rings. The fourth-order valence-electron chi connectivity index (χ4n) is 1.39. The summed E-state index contributed by atoms with van der Waals surface area (Å²) in [6, 6.07) is 7.82. The average Bonchev–Trinajstić information content (AvgIpc) is 2.82. The minimum absolute atomic E-state index is 0.355. The Morgan fingerprint density at radius 3 is 2.83 bits per heavy atom. The van der Waals surface area contributed by atoms with E-state index in [9.17, 15) is 4.79 Å². The van der Waals surface area contributed by atoms with Crippen LogP contribution in [0.2, 0.25) is 5.02 Å². The van der Waals surface area contributed by atoms with Gasteiger partial charge in [0.1, 0.15) is 5.75 Å². The maximum absolute atomic E-state index is 11.7. The Balaban J connectivity index is 2.08. The molecule has 0 spiro atoms. The third-order valence-electron chi connectivity index (χ3n) is 2.17. The molecule has 0 unspecified atom stereocenters. The number of urea groups is 1. The molecular formula is C12H11ClN2O3. The standard InChI is InChI=1S/C12H11ClN2O3/c1-17-10-5-4-8(13)7-9(10)14-12(16)15-11-3-2-6-18-11/h2-7H,1H3,(H2,14,15,16). The second-order valence-corrected chi connectivity index (χ2v) is 3.84. The van der Waals surface area contributed by atoms with Crippen LogP contribution in [0.15, 0.2) is 41.0 Å². The highest BCUT2D eigenvalue weighted by Crippen LogP contribution is 2.27. The van der Waals surface area contributed by atoms with Crippen LogP contribution in [0.5, 0.6) is 5.75 Å². The number of amides is 2. The maximum atomic E-state index is 11.7. The minimum Gasteiger partial charge on any atom is -0.495 e. The van der Waals surface area contributed by atoms with Gasteiger partial charge >= 0.3 is 6.03 Å². The average molecular weight is 267 g/mol. The molecule has 0 atom stereocenters. The van der Waals surface area contributed by atoms with E-state index >= 15 is 0 Å². The van der Waals surface area contributed by atoms with Crippen molar-refractivity contribution in [1.82, 2.24) is 0 Å². The number of carbonyl (C=O) groups is 1. The van der Waals surface area contributed by atoms with Crippen LogP contribution >= 0.6 is 11.6 Å². The molecule has 18 heavy (non-hydrogen) atoms. The quantitative estimate of drug-likeness (QED) is 0.892. The second kappa shape index (κ2) is 5.46. The fraction of sp³-hybridized carbons (Fsp3) is 0.0833. The van der Waals surface area contributed by atoms with E-state index in [1.54, 1.807) is 30.3 Å². The number of halogens is 1. The van der Waals surface area contributed by atoms with Gasteiger partial charge in [-0.25, -0.2) is 4.79 Å². The van der Waals surface area contributed by atoms with Gasteiger partial charge in [-0.05, 0) is 24.3 Å². The summed E-state index contributed by atoms with van der Waals surface area (Å²) in [4.78, 5) is 11.7. The van der Waals surface area contributed by atoms with Crippen molar-refractivity contribution in [1.29, 1.82) is 0 Å². The second-order valence-electron chi connectivity index (χ2n) is 3.40. The first kappa shape index (κ1) is 12.3. The van der Waals surface area contributed by atoms with Gasteiger partial charge in [0.2, 0.25) is 5.88 Å². The van der Waals surface area contributed by atoms with Gasteiger partial charge in [-0.15, -0.1) is 0 Å². The number of ether oxygens (including phenoxy) is 1. The molecule has 2 rings (SSSR count). The molecular weight excluding hydrogens is 256 g/mol. The Labute approximate surface area is 109 Å². The van der Waals surface area contributed by atoms with Crippen molar-refractivity contribution in [3.63, 3.8) is 0 Å². The smallest absolute Gasteiger partial charge is 0.326 e. The predicted molar refractivity (Wildman–Crippen MR) is 69.4 cm³/mol. The SMILES string of the molecule is COc1ccc(Cl)cc1NC(=O)Nc1ccco1. The highest BCUT2D eigenvalue weighted by Gasteiger charge is 2.09. The summed E-state index contributed by atoms with van der Waals surface area (Å²) >= 11 is 5.85. The van der Waals surface area contributed by atoms with E-state index in [0.29, 0.717) is 22.3 Å².